The molecular formula is C13H19N3O2S. The summed E-state index contributed by atoms with van der Waals surface area (Å²) in [6, 6.07) is -0.766. The van der Waals surface area contributed by atoms with Crippen LogP contribution in [0.2, 0.25) is 0 Å². The summed E-state index contributed by atoms with van der Waals surface area (Å²) in [5, 5.41) is 5.73. The lowest BCUT2D eigenvalue weighted by molar-refractivity contribution is -0.148. The molecule has 5 nitrogen and oxygen atoms in total. The maximum Gasteiger partial charge on any atom is 0.245 e. The predicted molar refractivity (Wildman–Crippen MR) is 74.0 cm³/mol. The second-order valence-corrected chi connectivity index (χ2v) is 5.76. The number of aromatic nitrogens is 1. The summed E-state index contributed by atoms with van der Waals surface area (Å²) in [6.45, 7) is 6.17. The van der Waals surface area contributed by atoms with Crippen molar-refractivity contribution in [3.63, 3.8) is 0 Å². The van der Waals surface area contributed by atoms with Crippen molar-refractivity contribution in [1.29, 1.82) is 0 Å². The number of hydrogen-bond acceptors (Lipinski definition) is 4. The first-order valence-corrected chi connectivity index (χ1v) is 7.42. The van der Waals surface area contributed by atoms with Gasteiger partial charge in [0.05, 0.1) is 5.01 Å². The highest BCUT2D eigenvalue weighted by Crippen LogP contribution is 2.16. The predicted octanol–water partition coefficient (Wildman–Crippen LogP) is 1.12. The van der Waals surface area contributed by atoms with Crippen molar-refractivity contribution < 1.29 is 9.59 Å². The van der Waals surface area contributed by atoms with Crippen molar-refractivity contribution >= 4 is 23.2 Å². The highest BCUT2D eigenvalue weighted by atomic mass is 32.1. The Labute approximate surface area is 117 Å². The van der Waals surface area contributed by atoms with Gasteiger partial charge in [0.2, 0.25) is 11.8 Å². The summed E-state index contributed by atoms with van der Waals surface area (Å²) in [7, 11) is 0. The first-order valence-electron chi connectivity index (χ1n) is 6.54. The smallest absolute Gasteiger partial charge is 0.245 e. The number of nitrogens with zero attached hydrogens (tertiary/aromatic N) is 2. The van der Waals surface area contributed by atoms with Crippen LogP contribution in [0.15, 0.2) is 5.38 Å². The van der Waals surface area contributed by atoms with Gasteiger partial charge in [0.1, 0.15) is 12.1 Å². The third-order valence-electron chi connectivity index (χ3n) is 3.31. The van der Waals surface area contributed by atoms with Crippen molar-refractivity contribution in [1.82, 2.24) is 15.2 Å². The van der Waals surface area contributed by atoms with E-state index in [1.54, 1.807) is 23.2 Å². The van der Waals surface area contributed by atoms with Crippen LogP contribution in [-0.4, -0.2) is 40.3 Å². The maximum atomic E-state index is 12.2. The Morgan fingerprint density at radius 3 is 2.79 bits per heavy atom. The Bertz CT molecular complexity index is 486. The van der Waals surface area contributed by atoms with Crippen molar-refractivity contribution in [2.24, 2.45) is 0 Å². The second-order valence-electron chi connectivity index (χ2n) is 4.82. The van der Waals surface area contributed by atoms with Crippen LogP contribution in [0.1, 0.15) is 31.0 Å². The van der Waals surface area contributed by atoms with E-state index in [2.05, 4.69) is 10.3 Å². The Morgan fingerprint density at radius 1 is 1.47 bits per heavy atom. The monoisotopic (exact) mass is 281 g/mol. The van der Waals surface area contributed by atoms with E-state index in [1.165, 1.54) is 0 Å². The van der Waals surface area contributed by atoms with Gasteiger partial charge in [-0.15, -0.1) is 11.3 Å². The fourth-order valence-corrected chi connectivity index (χ4v) is 3.09. The summed E-state index contributed by atoms with van der Waals surface area (Å²) in [5.41, 5.74) is 1.00. The number of rotatable bonds is 4. The molecule has 1 fully saturated rings. The average Bonchev–Trinajstić information content (AvgIpc) is 2.78. The number of piperazine rings is 1. The Balaban J connectivity index is 2.06. The molecule has 2 heterocycles. The van der Waals surface area contributed by atoms with Crippen LogP contribution in [-0.2, 0) is 16.0 Å². The van der Waals surface area contributed by atoms with Crippen LogP contribution in [0.25, 0.3) is 0 Å². The fourth-order valence-electron chi connectivity index (χ4n) is 2.32. The molecular weight excluding hydrogens is 262 g/mol. The third kappa shape index (κ3) is 2.94. The van der Waals surface area contributed by atoms with Gasteiger partial charge in [0.15, 0.2) is 0 Å². The molecule has 1 aliphatic heterocycles. The standard InChI is InChI=1S/C13H19N3O2S/c1-4-10-12(17)15-9(3)13(18)16(10)6-5-11-14-8(2)7-19-11/h7,9-10H,4-6H2,1-3H3,(H,15,17). The molecule has 0 spiro atoms. The van der Waals surface area contributed by atoms with Crippen LogP contribution >= 0.6 is 11.3 Å². The van der Waals surface area contributed by atoms with Crippen LogP contribution in [0.3, 0.4) is 0 Å². The van der Waals surface area contributed by atoms with Crippen LogP contribution in [0.4, 0.5) is 0 Å². The van der Waals surface area contributed by atoms with E-state index in [0.717, 1.165) is 10.7 Å². The SMILES string of the molecule is CCC1C(=O)NC(C)C(=O)N1CCc1nc(C)cs1. The molecule has 0 aromatic carbocycles. The highest BCUT2D eigenvalue weighted by Gasteiger charge is 2.37. The van der Waals surface area contributed by atoms with E-state index in [-0.39, 0.29) is 17.9 Å². The zero-order chi connectivity index (χ0) is 14.0. The number of hydrogen-bond donors (Lipinski definition) is 1. The summed E-state index contributed by atoms with van der Waals surface area (Å²) in [4.78, 5) is 30.1. The molecule has 1 aromatic rings. The average molecular weight is 281 g/mol. The molecule has 2 rings (SSSR count). The molecule has 2 amide bonds. The first kappa shape index (κ1) is 14.0. The van der Waals surface area contributed by atoms with E-state index in [0.29, 0.717) is 19.4 Å². The largest absolute Gasteiger partial charge is 0.343 e. The van der Waals surface area contributed by atoms with Gasteiger partial charge in [0, 0.05) is 24.0 Å². The summed E-state index contributed by atoms with van der Waals surface area (Å²) < 4.78 is 0. The van der Waals surface area contributed by atoms with Gasteiger partial charge in [-0.2, -0.15) is 0 Å². The minimum absolute atomic E-state index is 0.000252. The zero-order valence-corrected chi connectivity index (χ0v) is 12.3. The molecule has 0 bridgehead atoms. The van der Waals surface area contributed by atoms with Gasteiger partial charge in [-0.25, -0.2) is 4.98 Å². The number of thiazole rings is 1. The molecule has 0 saturated carbocycles. The minimum atomic E-state index is -0.423. The van der Waals surface area contributed by atoms with Crippen molar-refractivity contribution in [3.05, 3.63) is 16.1 Å². The van der Waals surface area contributed by atoms with E-state index >= 15 is 0 Å². The molecule has 2 atom stereocenters. The number of nitrogens with one attached hydrogen (secondary N) is 1. The minimum Gasteiger partial charge on any atom is -0.343 e. The van der Waals surface area contributed by atoms with E-state index < -0.39 is 6.04 Å². The summed E-state index contributed by atoms with van der Waals surface area (Å²) in [5.74, 6) is -0.0513. The van der Waals surface area contributed by atoms with Gasteiger partial charge < -0.3 is 10.2 Å². The Hall–Kier alpha value is -1.43. The topological polar surface area (TPSA) is 62.3 Å². The fraction of sp³-hybridized carbons (Fsp3) is 0.615. The number of carbonyl (C=O) groups excluding carboxylic acids is 2. The lowest BCUT2D eigenvalue weighted by Crippen LogP contribution is -2.62. The molecule has 0 aliphatic carbocycles. The molecule has 1 aliphatic rings. The number of aryl methyl sites for hydroxylation is 1. The highest BCUT2D eigenvalue weighted by molar-refractivity contribution is 7.09. The molecule has 1 aromatic heterocycles. The molecule has 0 radical (unpaired) electrons. The van der Waals surface area contributed by atoms with Crippen LogP contribution in [0.5, 0.6) is 0 Å². The van der Waals surface area contributed by atoms with Gasteiger partial charge in [-0.1, -0.05) is 6.92 Å². The quantitative estimate of drug-likeness (QED) is 0.899. The number of carbonyl (C=O) groups is 2. The molecule has 1 N–H and O–H groups in total. The Kier molecular flexibility index (Phi) is 4.19. The number of amides is 2. The van der Waals surface area contributed by atoms with E-state index in [1.807, 2.05) is 19.2 Å². The summed E-state index contributed by atoms with van der Waals surface area (Å²) in [6.07, 6.45) is 1.35. The van der Waals surface area contributed by atoms with Crippen LogP contribution in [0, 0.1) is 6.92 Å². The molecule has 1 saturated heterocycles. The molecule has 19 heavy (non-hydrogen) atoms. The molecule has 6 heteroatoms. The van der Waals surface area contributed by atoms with Crippen LogP contribution < -0.4 is 5.32 Å². The molecule has 104 valence electrons. The Morgan fingerprint density at radius 2 is 2.21 bits per heavy atom. The van der Waals surface area contributed by atoms with Gasteiger partial charge in [-0.3, -0.25) is 9.59 Å². The summed E-state index contributed by atoms with van der Waals surface area (Å²) >= 11 is 1.60. The second kappa shape index (κ2) is 5.69. The van der Waals surface area contributed by atoms with E-state index in [4.69, 9.17) is 0 Å². The zero-order valence-electron chi connectivity index (χ0n) is 11.5. The van der Waals surface area contributed by atoms with Crippen molar-refractivity contribution in [2.45, 2.75) is 45.7 Å². The molecule has 2 unspecified atom stereocenters. The van der Waals surface area contributed by atoms with Gasteiger partial charge in [0.25, 0.3) is 0 Å². The lowest BCUT2D eigenvalue weighted by Gasteiger charge is -2.37. The first-order chi connectivity index (χ1) is 9.02. The maximum absolute atomic E-state index is 12.2. The van der Waals surface area contributed by atoms with Crippen molar-refractivity contribution in [2.75, 3.05) is 6.54 Å². The third-order valence-corrected chi connectivity index (χ3v) is 4.34. The van der Waals surface area contributed by atoms with Gasteiger partial charge in [-0.05, 0) is 20.3 Å². The van der Waals surface area contributed by atoms with Crippen molar-refractivity contribution in [3.8, 4) is 0 Å². The van der Waals surface area contributed by atoms with Gasteiger partial charge >= 0.3 is 0 Å². The normalized spacial score (nSPS) is 23.6. The van der Waals surface area contributed by atoms with E-state index in [9.17, 15) is 9.59 Å². The lowest BCUT2D eigenvalue weighted by atomic mass is 10.1.